The summed E-state index contributed by atoms with van der Waals surface area (Å²) in [5.74, 6) is 0. The fourth-order valence-corrected chi connectivity index (χ4v) is 0.195. The Morgan fingerprint density at radius 3 is 2.75 bits per heavy atom. The van der Waals surface area contributed by atoms with Gasteiger partial charge in [0.15, 0.2) is 0 Å². The molecule has 44 valence electrons. The van der Waals surface area contributed by atoms with Crippen LogP contribution in [0.15, 0.2) is 24.5 Å². The number of methoxy groups -OCH3 is 1. The average molecular weight is 112 g/mol. The lowest BCUT2D eigenvalue weighted by Gasteiger charge is -1.83. The van der Waals surface area contributed by atoms with E-state index in [0.717, 1.165) is 0 Å². The maximum absolute atomic E-state index is 9.80. The van der Waals surface area contributed by atoms with E-state index in [-0.39, 0.29) is 0 Å². The van der Waals surface area contributed by atoms with Gasteiger partial charge < -0.3 is 4.74 Å². The first-order chi connectivity index (χ1) is 3.81. The zero-order valence-electron chi connectivity index (χ0n) is 4.76. The minimum absolute atomic E-state index is 0.409. The molecule has 0 amide bonds. The van der Waals surface area contributed by atoms with Crippen molar-refractivity contribution in [1.29, 1.82) is 0 Å². The van der Waals surface area contributed by atoms with Crippen molar-refractivity contribution < 1.29 is 9.53 Å². The first kappa shape index (κ1) is 6.95. The van der Waals surface area contributed by atoms with Crippen LogP contribution >= 0.6 is 0 Å². The van der Waals surface area contributed by atoms with Gasteiger partial charge in [0.2, 0.25) is 0 Å². The summed E-state index contributed by atoms with van der Waals surface area (Å²) < 4.78 is 4.51. The molecule has 0 saturated carbocycles. The average Bonchev–Trinajstić information content (AvgIpc) is 1.83. The first-order valence-electron chi connectivity index (χ1n) is 2.14. The van der Waals surface area contributed by atoms with E-state index in [9.17, 15) is 4.79 Å². The van der Waals surface area contributed by atoms with E-state index < -0.39 is 0 Å². The standard InChI is InChI=1S/C6H8O2/c1-6(5-7)3-4-8-2/h3-5H,1H2,2H3/b4-3-. The normalized spacial score (nSPS) is 9.12. The number of hydrogen-bond donors (Lipinski definition) is 0. The molecule has 0 spiro atoms. The monoisotopic (exact) mass is 112 g/mol. The topological polar surface area (TPSA) is 26.3 Å². The highest BCUT2D eigenvalue weighted by atomic mass is 16.5. The van der Waals surface area contributed by atoms with Crippen molar-refractivity contribution in [2.24, 2.45) is 0 Å². The second kappa shape index (κ2) is 4.12. The van der Waals surface area contributed by atoms with Gasteiger partial charge in [-0.05, 0) is 6.08 Å². The van der Waals surface area contributed by atoms with Crippen LogP contribution < -0.4 is 0 Å². The zero-order valence-corrected chi connectivity index (χ0v) is 4.76. The molecule has 8 heavy (non-hydrogen) atoms. The largest absolute Gasteiger partial charge is 0.504 e. The molecule has 0 unspecified atom stereocenters. The summed E-state index contributed by atoms with van der Waals surface area (Å²) in [5, 5.41) is 0. The zero-order chi connectivity index (χ0) is 6.41. The molecule has 0 aromatic rings. The minimum atomic E-state index is 0.409. The number of allylic oxidation sites excluding steroid dienone is 2. The van der Waals surface area contributed by atoms with Gasteiger partial charge in [0.25, 0.3) is 0 Å². The quantitative estimate of drug-likeness (QED) is 0.235. The molecule has 0 aliphatic rings. The van der Waals surface area contributed by atoms with E-state index in [0.29, 0.717) is 11.9 Å². The van der Waals surface area contributed by atoms with Gasteiger partial charge in [-0.15, -0.1) is 0 Å². The molecule has 0 radical (unpaired) electrons. The van der Waals surface area contributed by atoms with Gasteiger partial charge >= 0.3 is 0 Å². The Morgan fingerprint density at radius 2 is 2.38 bits per heavy atom. The Morgan fingerprint density at radius 1 is 1.75 bits per heavy atom. The molecule has 0 aromatic heterocycles. The second-order valence-corrected chi connectivity index (χ2v) is 1.23. The van der Waals surface area contributed by atoms with Crippen LogP contribution in [-0.4, -0.2) is 13.4 Å². The van der Waals surface area contributed by atoms with Crippen LogP contribution in [0.4, 0.5) is 0 Å². The summed E-state index contributed by atoms with van der Waals surface area (Å²) >= 11 is 0. The highest BCUT2D eigenvalue weighted by molar-refractivity contribution is 5.76. The van der Waals surface area contributed by atoms with E-state index in [4.69, 9.17) is 0 Å². The van der Waals surface area contributed by atoms with Gasteiger partial charge in [0, 0.05) is 5.57 Å². The molecule has 0 bridgehead atoms. The van der Waals surface area contributed by atoms with Crippen LogP contribution in [0.5, 0.6) is 0 Å². The van der Waals surface area contributed by atoms with Crippen LogP contribution in [0.1, 0.15) is 0 Å². The molecular weight excluding hydrogens is 104 g/mol. The first-order valence-corrected chi connectivity index (χ1v) is 2.14. The smallest absolute Gasteiger partial charge is 0.149 e. The molecule has 0 heterocycles. The lowest BCUT2D eigenvalue weighted by atomic mass is 10.3. The Hall–Kier alpha value is -1.05. The third-order valence-electron chi connectivity index (χ3n) is 0.570. The molecular formula is C6H8O2. The van der Waals surface area contributed by atoms with E-state index in [2.05, 4.69) is 11.3 Å². The molecule has 0 aliphatic heterocycles. The van der Waals surface area contributed by atoms with Gasteiger partial charge in [-0.2, -0.15) is 0 Å². The predicted molar refractivity (Wildman–Crippen MR) is 31.4 cm³/mol. The van der Waals surface area contributed by atoms with Crippen LogP contribution in [0.3, 0.4) is 0 Å². The number of aldehydes is 1. The van der Waals surface area contributed by atoms with Crippen LogP contribution in [0, 0.1) is 0 Å². The van der Waals surface area contributed by atoms with Crippen LogP contribution in [-0.2, 0) is 9.53 Å². The number of carbonyl (C=O) groups is 1. The summed E-state index contributed by atoms with van der Waals surface area (Å²) in [6, 6.07) is 0. The van der Waals surface area contributed by atoms with Crippen LogP contribution in [0.25, 0.3) is 0 Å². The van der Waals surface area contributed by atoms with Crippen molar-refractivity contribution in [3.63, 3.8) is 0 Å². The Labute approximate surface area is 48.5 Å². The maximum Gasteiger partial charge on any atom is 0.149 e. The SMILES string of the molecule is C=C(C=O)/C=C\OC. The molecule has 0 atom stereocenters. The van der Waals surface area contributed by atoms with Crippen LogP contribution in [0.2, 0.25) is 0 Å². The molecule has 0 aliphatic carbocycles. The van der Waals surface area contributed by atoms with Gasteiger partial charge in [-0.3, -0.25) is 4.79 Å². The third kappa shape index (κ3) is 3.15. The van der Waals surface area contributed by atoms with E-state index >= 15 is 0 Å². The van der Waals surface area contributed by atoms with Crippen molar-refractivity contribution in [2.75, 3.05) is 7.11 Å². The van der Waals surface area contributed by atoms with Gasteiger partial charge in [0.1, 0.15) is 6.29 Å². The molecule has 0 fully saturated rings. The van der Waals surface area contributed by atoms with E-state index in [1.807, 2.05) is 0 Å². The fourth-order valence-electron chi connectivity index (χ4n) is 0.195. The van der Waals surface area contributed by atoms with Gasteiger partial charge in [-0.1, -0.05) is 6.58 Å². The summed E-state index contributed by atoms with van der Waals surface area (Å²) in [4.78, 5) is 9.80. The number of carbonyl (C=O) groups excluding carboxylic acids is 1. The number of ether oxygens (including phenoxy) is 1. The lowest BCUT2D eigenvalue weighted by molar-refractivity contribution is -0.104. The summed E-state index contributed by atoms with van der Waals surface area (Å²) in [7, 11) is 1.51. The molecule has 2 heteroatoms. The third-order valence-corrected chi connectivity index (χ3v) is 0.570. The Bertz CT molecular complexity index is 114. The minimum Gasteiger partial charge on any atom is -0.504 e. The molecule has 2 nitrogen and oxygen atoms in total. The Balaban J connectivity index is 3.52. The highest BCUT2D eigenvalue weighted by Gasteiger charge is 1.77. The second-order valence-electron chi connectivity index (χ2n) is 1.23. The van der Waals surface area contributed by atoms with E-state index in [1.54, 1.807) is 0 Å². The van der Waals surface area contributed by atoms with Crippen molar-refractivity contribution in [1.82, 2.24) is 0 Å². The van der Waals surface area contributed by atoms with Crippen molar-refractivity contribution in [3.05, 3.63) is 24.5 Å². The van der Waals surface area contributed by atoms with Crippen molar-refractivity contribution in [3.8, 4) is 0 Å². The van der Waals surface area contributed by atoms with Crippen molar-refractivity contribution in [2.45, 2.75) is 0 Å². The number of rotatable bonds is 3. The highest BCUT2D eigenvalue weighted by Crippen LogP contribution is 1.84. The fraction of sp³-hybridized carbons (Fsp3) is 0.167. The summed E-state index contributed by atoms with van der Waals surface area (Å²) in [5.41, 5.74) is 0.409. The van der Waals surface area contributed by atoms with Crippen molar-refractivity contribution >= 4 is 6.29 Å². The van der Waals surface area contributed by atoms with Gasteiger partial charge in [0.05, 0.1) is 13.4 Å². The lowest BCUT2D eigenvalue weighted by Crippen LogP contribution is -1.73. The molecule has 0 N–H and O–H groups in total. The number of hydrogen-bond acceptors (Lipinski definition) is 2. The maximum atomic E-state index is 9.80. The molecule has 0 rings (SSSR count). The molecule has 0 saturated heterocycles. The van der Waals surface area contributed by atoms with Gasteiger partial charge in [-0.25, -0.2) is 0 Å². The summed E-state index contributed by atoms with van der Waals surface area (Å²) in [6.45, 7) is 3.38. The summed E-state index contributed by atoms with van der Waals surface area (Å²) in [6.07, 6.45) is 3.55. The predicted octanol–water partition coefficient (Wildman–Crippen LogP) is 0.902. The Kier molecular flexibility index (Phi) is 3.58. The molecule has 0 aromatic carbocycles. The van der Waals surface area contributed by atoms with E-state index in [1.165, 1.54) is 19.4 Å².